The Balaban J connectivity index is 1.53. The molecule has 1 fully saturated rings. The molecule has 1 aliphatic heterocycles. The molecule has 1 atom stereocenters. The molecule has 2 N–H and O–H groups in total. The first-order valence-corrected chi connectivity index (χ1v) is 7.52. The van der Waals surface area contributed by atoms with Gasteiger partial charge in [0, 0.05) is 12.2 Å². The number of hydrogen-bond acceptors (Lipinski definition) is 2. The molecule has 2 aromatic rings. The van der Waals surface area contributed by atoms with Gasteiger partial charge in [-0.25, -0.2) is 0 Å². The van der Waals surface area contributed by atoms with Gasteiger partial charge in [0.1, 0.15) is 0 Å². The third-order valence-corrected chi connectivity index (χ3v) is 4.04. The van der Waals surface area contributed by atoms with Crippen molar-refractivity contribution in [1.29, 1.82) is 0 Å². The van der Waals surface area contributed by atoms with E-state index >= 15 is 0 Å². The highest BCUT2D eigenvalue weighted by molar-refractivity contribution is 5.65. The molecule has 0 amide bonds. The molecule has 0 spiro atoms. The van der Waals surface area contributed by atoms with Crippen LogP contribution in [0.1, 0.15) is 12.8 Å². The molecule has 3 rings (SSSR count). The number of benzene rings is 2. The van der Waals surface area contributed by atoms with Crippen molar-refractivity contribution in [2.75, 3.05) is 25.0 Å². The smallest absolute Gasteiger partial charge is 0.0340 e. The lowest BCUT2D eigenvalue weighted by molar-refractivity contribution is 0.549. The third kappa shape index (κ3) is 3.40. The van der Waals surface area contributed by atoms with Crippen LogP contribution in [0.25, 0.3) is 11.1 Å². The minimum absolute atomic E-state index is 0.853. The first-order chi connectivity index (χ1) is 9.92. The van der Waals surface area contributed by atoms with E-state index in [9.17, 15) is 0 Å². The summed E-state index contributed by atoms with van der Waals surface area (Å²) in [5.41, 5.74) is 3.77. The Morgan fingerprint density at radius 1 is 0.950 bits per heavy atom. The summed E-state index contributed by atoms with van der Waals surface area (Å²) in [6, 6.07) is 19.2. The van der Waals surface area contributed by atoms with Crippen LogP contribution in [0.2, 0.25) is 0 Å². The Hall–Kier alpha value is -1.80. The van der Waals surface area contributed by atoms with Crippen LogP contribution in [0.3, 0.4) is 0 Å². The Morgan fingerprint density at radius 3 is 2.40 bits per heavy atom. The van der Waals surface area contributed by atoms with Crippen molar-refractivity contribution in [3.63, 3.8) is 0 Å². The van der Waals surface area contributed by atoms with E-state index in [1.54, 1.807) is 0 Å². The second-order valence-electron chi connectivity index (χ2n) is 5.52. The van der Waals surface area contributed by atoms with Crippen molar-refractivity contribution in [2.24, 2.45) is 5.92 Å². The topological polar surface area (TPSA) is 24.1 Å². The van der Waals surface area contributed by atoms with Gasteiger partial charge < -0.3 is 10.6 Å². The van der Waals surface area contributed by atoms with Gasteiger partial charge in [0.25, 0.3) is 0 Å². The minimum atomic E-state index is 0.853. The van der Waals surface area contributed by atoms with Crippen molar-refractivity contribution in [3.05, 3.63) is 54.6 Å². The first kappa shape index (κ1) is 13.2. The molecule has 0 saturated carbocycles. The lowest BCUT2D eigenvalue weighted by atomic mass is 10.0. The number of rotatable bonds is 5. The summed E-state index contributed by atoms with van der Waals surface area (Å²) in [4.78, 5) is 0. The van der Waals surface area contributed by atoms with E-state index < -0.39 is 0 Å². The van der Waals surface area contributed by atoms with Crippen LogP contribution >= 0.6 is 0 Å². The van der Waals surface area contributed by atoms with E-state index in [2.05, 4.69) is 65.2 Å². The molecular weight excluding hydrogens is 244 g/mol. The predicted molar refractivity (Wildman–Crippen MR) is 86.0 cm³/mol. The largest absolute Gasteiger partial charge is 0.385 e. The monoisotopic (exact) mass is 266 g/mol. The van der Waals surface area contributed by atoms with Crippen molar-refractivity contribution < 1.29 is 0 Å². The third-order valence-electron chi connectivity index (χ3n) is 4.04. The van der Waals surface area contributed by atoms with E-state index in [4.69, 9.17) is 0 Å². The Labute approximate surface area is 121 Å². The average molecular weight is 266 g/mol. The van der Waals surface area contributed by atoms with Crippen LogP contribution < -0.4 is 10.6 Å². The maximum atomic E-state index is 3.52. The molecule has 1 heterocycles. The number of anilines is 1. The van der Waals surface area contributed by atoms with Gasteiger partial charge >= 0.3 is 0 Å². The summed E-state index contributed by atoms with van der Waals surface area (Å²) in [6.07, 6.45) is 2.59. The zero-order valence-corrected chi connectivity index (χ0v) is 11.8. The summed E-state index contributed by atoms with van der Waals surface area (Å²) in [7, 11) is 0. The second-order valence-corrected chi connectivity index (χ2v) is 5.52. The highest BCUT2D eigenvalue weighted by Gasteiger charge is 2.13. The van der Waals surface area contributed by atoms with Crippen molar-refractivity contribution in [1.82, 2.24) is 5.32 Å². The van der Waals surface area contributed by atoms with Gasteiger partial charge in [-0.1, -0.05) is 42.5 Å². The second kappa shape index (κ2) is 6.58. The minimum Gasteiger partial charge on any atom is -0.385 e. The Bertz CT molecular complexity index is 513. The van der Waals surface area contributed by atoms with Crippen molar-refractivity contribution in [2.45, 2.75) is 12.8 Å². The lowest BCUT2D eigenvalue weighted by Crippen LogP contribution is -2.12. The summed E-state index contributed by atoms with van der Waals surface area (Å²) >= 11 is 0. The van der Waals surface area contributed by atoms with Gasteiger partial charge in [-0.2, -0.15) is 0 Å². The fourth-order valence-electron chi connectivity index (χ4n) is 2.79. The van der Waals surface area contributed by atoms with E-state index in [0.717, 1.165) is 12.5 Å². The molecule has 2 nitrogen and oxygen atoms in total. The highest BCUT2D eigenvalue weighted by atomic mass is 14.9. The Kier molecular flexibility index (Phi) is 4.34. The van der Waals surface area contributed by atoms with Gasteiger partial charge in [0.05, 0.1) is 0 Å². The van der Waals surface area contributed by atoms with Gasteiger partial charge in [-0.3, -0.25) is 0 Å². The van der Waals surface area contributed by atoms with Gasteiger partial charge in [0.2, 0.25) is 0 Å². The maximum Gasteiger partial charge on any atom is 0.0340 e. The van der Waals surface area contributed by atoms with Crippen LogP contribution in [0.4, 0.5) is 5.69 Å². The summed E-state index contributed by atoms with van der Waals surface area (Å²) in [5, 5.41) is 6.94. The van der Waals surface area contributed by atoms with Crippen LogP contribution in [-0.4, -0.2) is 19.6 Å². The fourth-order valence-corrected chi connectivity index (χ4v) is 2.79. The van der Waals surface area contributed by atoms with Crippen LogP contribution in [0.5, 0.6) is 0 Å². The van der Waals surface area contributed by atoms with Gasteiger partial charge in [-0.15, -0.1) is 0 Å². The summed E-state index contributed by atoms with van der Waals surface area (Å²) in [5.74, 6) is 0.853. The van der Waals surface area contributed by atoms with Crippen LogP contribution in [0.15, 0.2) is 54.6 Å². The van der Waals surface area contributed by atoms with Gasteiger partial charge in [-0.05, 0) is 55.1 Å². The molecular formula is C18H22N2. The SMILES string of the molecule is c1ccc(-c2ccc(NCCC3CCNC3)cc2)cc1. The molecule has 1 aliphatic rings. The zero-order chi connectivity index (χ0) is 13.6. The molecule has 2 aromatic carbocycles. The number of hydrogen-bond donors (Lipinski definition) is 2. The molecule has 104 valence electrons. The lowest BCUT2D eigenvalue weighted by Gasteiger charge is -2.11. The van der Waals surface area contributed by atoms with Crippen molar-refractivity contribution in [3.8, 4) is 11.1 Å². The maximum absolute atomic E-state index is 3.52. The fraction of sp³-hybridized carbons (Fsp3) is 0.333. The molecule has 0 bridgehead atoms. The molecule has 0 aromatic heterocycles. The van der Waals surface area contributed by atoms with E-state index in [1.165, 1.54) is 42.7 Å². The zero-order valence-electron chi connectivity index (χ0n) is 11.8. The first-order valence-electron chi connectivity index (χ1n) is 7.52. The predicted octanol–water partition coefficient (Wildman–Crippen LogP) is 3.77. The molecule has 0 aliphatic carbocycles. The van der Waals surface area contributed by atoms with E-state index in [-0.39, 0.29) is 0 Å². The van der Waals surface area contributed by atoms with E-state index in [1.807, 2.05) is 0 Å². The summed E-state index contributed by atoms with van der Waals surface area (Å²) in [6.45, 7) is 3.45. The normalized spacial score (nSPS) is 18.1. The van der Waals surface area contributed by atoms with Crippen LogP contribution in [-0.2, 0) is 0 Å². The molecule has 1 saturated heterocycles. The van der Waals surface area contributed by atoms with Crippen molar-refractivity contribution >= 4 is 5.69 Å². The molecule has 1 unspecified atom stereocenters. The standard InChI is InChI=1S/C18H22N2/c1-2-4-16(5-3-1)17-6-8-18(9-7-17)20-13-11-15-10-12-19-14-15/h1-9,15,19-20H,10-14H2. The molecule has 0 radical (unpaired) electrons. The van der Waals surface area contributed by atoms with Crippen LogP contribution in [0, 0.1) is 5.92 Å². The average Bonchev–Trinajstić information content (AvgIpc) is 3.02. The van der Waals surface area contributed by atoms with Gasteiger partial charge in [0.15, 0.2) is 0 Å². The quantitative estimate of drug-likeness (QED) is 0.861. The Morgan fingerprint density at radius 2 is 1.70 bits per heavy atom. The molecule has 20 heavy (non-hydrogen) atoms. The highest BCUT2D eigenvalue weighted by Crippen LogP contribution is 2.21. The summed E-state index contributed by atoms with van der Waals surface area (Å²) < 4.78 is 0. The molecule has 2 heteroatoms. The number of nitrogens with one attached hydrogen (secondary N) is 2. The van der Waals surface area contributed by atoms with E-state index in [0.29, 0.717) is 0 Å².